The molecule has 1 saturated carbocycles. The molecule has 0 aromatic heterocycles. The van der Waals surface area contributed by atoms with Gasteiger partial charge < -0.3 is 25.6 Å². The summed E-state index contributed by atoms with van der Waals surface area (Å²) in [4.78, 5) is 12.7. The third-order valence-corrected chi connectivity index (χ3v) is 5.39. The molecule has 4 N–H and O–H groups in total. The second-order valence-corrected chi connectivity index (χ2v) is 7.08. The fourth-order valence-electron chi connectivity index (χ4n) is 3.56. The lowest BCUT2D eigenvalue weighted by Gasteiger charge is -2.34. The molecule has 2 unspecified atom stereocenters. The Morgan fingerprint density at radius 3 is 2.56 bits per heavy atom. The van der Waals surface area contributed by atoms with Crippen molar-refractivity contribution < 1.29 is 19.4 Å². The number of benzene rings is 1. The number of hydrogen-bond acceptors (Lipinski definition) is 5. The van der Waals surface area contributed by atoms with Crippen molar-refractivity contribution in [1.29, 1.82) is 0 Å². The molecule has 1 heterocycles. The molecule has 0 radical (unpaired) electrons. The highest BCUT2D eigenvalue weighted by atomic mass is 16.5. The van der Waals surface area contributed by atoms with Crippen LogP contribution >= 0.6 is 0 Å². The van der Waals surface area contributed by atoms with Crippen molar-refractivity contribution in [1.82, 2.24) is 0 Å². The van der Waals surface area contributed by atoms with Gasteiger partial charge in [-0.3, -0.25) is 4.79 Å². The van der Waals surface area contributed by atoms with E-state index in [1.807, 2.05) is 24.3 Å². The average molecular weight is 348 g/mol. The molecule has 6 nitrogen and oxygen atoms in total. The smallest absolute Gasteiger partial charge is 0.232 e. The van der Waals surface area contributed by atoms with Crippen LogP contribution in [0.4, 0.5) is 5.69 Å². The second kappa shape index (κ2) is 8.17. The van der Waals surface area contributed by atoms with Gasteiger partial charge in [-0.1, -0.05) is 6.42 Å². The Labute approximate surface area is 148 Å². The number of rotatable bonds is 5. The van der Waals surface area contributed by atoms with E-state index in [9.17, 15) is 9.90 Å². The maximum Gasteiger partial charge on any atom is 0.232 e. The lowest BCUT2D eigenvalue weighted by molar-refractivity contribution is -0.130. The Hall–Kier alpha value is -1.63. The lowest BCUT2D eigenvalue weighted by Crippen LogP contribution is -2.46. The zero-order valence-electron chi connectivity index (χ0n) is 14.6. The van der Waals surface area contributed by atoms with Crippen LogP contribution in [0.25, 0.3) is 0 Å². The third kappa shape index (κ3) is 4.32. The van der Waals surface area contributed by atoms with Gasteiger partial charge in [0.1, 0.15) is 11.9 Å². The van der Waals surface area contributed by atoms with Gasteiger partial charge in [0.05, 0.1) is 11.5 Å². The summed E-state index contributed by atoms with van der Waals surface area (Å²) in [6.45, 7) is 1.46. The second-order valence-electron chi connectivity index (χ2n) is 7.08. The topological polar surface area (TPSA) is 93.8 Å². The number of hydrogen-bond donors (Lipinski definition) is 3. The van der Waals surface area contributed by atoms with E-state index in [0.29, 0.717) is 38.3 Å². The molecule has 3 rings (SSSR count). The highest BCUT2D eigenvalue weighted by molar-refractivity contribution is 5.95. The number of carbonyl (C=O) groups is 1. The van der Waals surface area contributed by atoms with Crippen molar-refractivity contribution in [3.05, 3.63) is 24.3 Å². The molecule has 1 aliphatic heterocycles. The first kappa shape index (κ1) is 18.2. The third-order valence-electron chi connectivity index (χ3n) is 5.39. The summed E-state index contributed by atoms with van der Waals surface area (Å²) in [5, 5.41) is 13.0. The van der Waals surface area contributed by atoms with Crippen LogP contribution in [-0.4, -0.2) is 43.0 Å². The van der Waals surface area contributed by atoms with Crippen molar-refractivity contribution in [2.75, 3.05) is 25.1 Å². The van der Waals surface area contributed by atoms with Gasteiger partial charge in [-0.05, 0) is 56.4 Å². The number of anilines is 1. The molecular weight excluding hydrogens is 320 g/mol. The van der Waals surface area contributed by atoms with Crippen LogP contribution < -0.4 is 15.8 Å². The number of aliphatic hydroxyl groups excluding tert-OH is 1. The lowest BCUT2D eigenvalue weighted by atomic mass is 9.79. The molecule has 2 fully saturated rings. The van der Waals surface area contributed by atoms with Gasteiger partial charge in [0.2, 0.25) is 5.91 Å². The van der Waals surface area contributed by atoms with Crippen molar-refractivity contribution in [3.8, 4) is 5.75 Å². The molecule has 6 heteroatoms. The number of nitrogens with two attached hydrogens (primary N) is 1. The molecule has 1 aliphatic carbocycles. The molecule has 1 aromatic rings. The zero-order chi connectivity index (χ0) is 17.7. The Balaban J connectivity index is 1.59. The minimum absolute atomic E-state index is 0.0466. The standard InChI is InChI=1S/C19H28N2O4/c20-13-19(9-11-24-12-10-19)18(23)21-14-5-7-15(8-6-14)25-17-4-2-1-3-16(17)22/h5-8,16-17,22H,1-4,9-13,20H2,(H,21,23). The van der Waals surface area contributed by atoms with Crippen LogP contribution in [0.3, 0.4) is 0 Å². The highest BCUT2D eigenvalue weighted by Crippen LogP contribution is 2.31. The maximum absolute atomic E-state index is 12.7. The largest absolute Gasteiger partial charge is 0.488 e. The first-order valence-corrected chi connectivity index (χ1v) is 9.17. The summed E-state index contributed by atoms with van der Waals surface area (Å²) < 4.78 is 11.2. The molecular formula is C19H28N2O4. The molecule has 1 amide bonds. The van der Waals surface area contributed by atoms with Gasteiger partial charge in [0.25, 0.3) is 0 Å². The first-order valence-electron chi connectivity index (χ1n) is 9.17. The van der Waals surface area contributed by atoms with Gasteiger partial charge >= 0.3 is 0 Å². The van der Waals surface area contributed by atoms with E-state index in [0.717, 1.165) is 31.4 Å². The SMILES string of the molecule is NCC1(C(=O)Nc2ccc(OC3CCCCC3O)cc2)CCOCC1. The van der Waals surface area contributed by atoms with Crippen molar-refractivity contribution in [2.45, 2.75) is 50.7 Å². The van der Waals surface area contributed by atoms with E-state index in [1.54, 1.807) is 0 Å². The van der Waals surface area contributed by atoms with Gasteiger partial charge in [0.15, 0.2) is 0 Å². The van der Waals surface area contributed by atoms with E-state index >= 15 is 0 Å². The van der Waals surface area contributed by atoms with Crippen molar-refractivity contribution in [3.63, 3.8) is 0 Å². The zero-order valence-corrected chi connectivity index (χ0v) is 14.6. The fraction of sp³-hybridized carbons (Fsp3) is 0.632. The summed E-state index contributed by atoms with van der Waals surface area (Å²) >= 11 is 0. The van der Waals surface area contributed by atoms with E-state index < -0.39 is 11.5 Å². The molecule has 1 aromatic carbocycles. The van der Waals surface area contributed by atoms with Crippen molar-refractivity contribution >= 4 is 11.6 Å². The van der Waals surface area contributed by atoms with Crippen LogP contribution in [0, 0.1) is 5.41 Å². The van der Waals surface area contributed by atoms with Crippen LogP contribution in [0.2, 0.25) is 0 Å². The summed E-state index contributed by atoms with van der Waals surface area (Å²) in [6.07, 6.45) is 4.57. The Bertz CT molecular complexity index is 569. The predicted octanol–water partition coefficient (Wildman–Crippen LogP) is 2.06. The summed E-state index contributed by atoms with van der Waals surface area (Å²) in [5.74, 6) is 0.665. The van der Waals surface area contributed by atoms with Crippen molar-refractivity contribution in [2.24, 2.45) is 11.1 Å². The maximum atomic E-state index is 12.7. The van der Waals surface area contributed by atoms with E-state index in [4.69, 9.17) is 15.2 Å². The molecule has 1 saturated heterocycles. The molecule has 0 spiro atoms. The van der Waals surface area contributed by atoms with Crippen LogP contribution in [0.15, 0.2) is 24.3 Å². The quantitative estimate of drug-likeness (QED) is 0.757. The molecule has 2 aliphatic rings. The number of carbonyl (C=O) groups excluding carboxylic acids is 1. The Kier molecular flexibility index (Phi) is 5.93. The van der Waals surface area contributed by atoms with Gasteiger partial charge in [-0.15, -0.1) is 0 Å². The normalized spacial score (nSPS) is 26.0. The fourth-order valence-corrected chi connectivity index (χ4v) is 3.56. The molecule has 25 heavy (non-hydrogen) atoms. The molecule has 2 atom stereocenters. The van der Waals surface area contributed by atoms with E-state index in [2.05, 4.69) is 5.32 Å². The number of aliphatic hydroxyl groups is 1. The predicted molar refractivity (Wildman–Crippen MR) is 95.5 cm³/mol. The first-order chi connectivity index (χ1) is 12.1. The Morgan fingerprint density at radius 2 is 1.92 bits per heavy atom. The number of nitrogens with one attached hydrogen (secondary N) is 1. The van der Waals surface area contributed by atoms with Crippen LogP contribution in [-0.2, 0) is 9.53 Å². The van der Waals surface area contributed by atoms with Gasteiger partial charge in [-0.2, -0.15) is 0 Å². The summed E-state index contributed by atoms with van der Waals surface area (Å²) in [6, 6.07) is 7.31. The molecule has 0 bridgehead atoms. The van der Waals surface area contributed by atoms with Gasteiger partial charge in [0, 0.05) is 25.4 Å². The van der Waals surface area contributed by atoms with E-state index in [-0.39, 0.29) is 12.0 Å². The minimum atomic E-state index is -0.542. The summed E-state index contributed by atoms with van der Waals surface area (Å²) in [7, 11) is 0. The van der Waals surface area contributed by atoms with E-state index in [1.165, 1.54) is 0 Å². The van der Waals surface area contributed by atoms with Gasteiger partial charge in [-0.25, -0.2) is 0 Å². The highest BCUT2D eigenvalue weighted by Gasteiger charge is 2.38. The monoisotopic (exact) mass is 348 g/mol. The Morgan fingerprint density at radius 1 is 1.24 bits per heavy atom. The molecule has 138 valence electrons. The van der Waals surface area contributed by atoms with Crippen LogP contribution in [0.1, 0.15) is 38.5 Å². The average Bonchev–Trinajstić information content (AvgIpc) is 2.65. The van der Waals surface area contributed by atoms with Crippen LogP contribution in [0.5, 0.6) is 5.75 Å². The summed E-state index contributed by atoms with van der Waals surface area (Å²) in [5.41, 5.74) is 6.05. The number of amides is 1. The minimum Gasteiger partial charge on any atom is -0.488 e. The number of ether oxygens (including phenoxy) is 2.